The van der Waals surface area contributed by atoms with Crippen molar-refractivity contribution in [1.29, 1.82) is 0 Å². The lowest BCUT2D eigenvalue weighted by Gasteiger charge is -2.14. The van der Waals surface area contributed by atoms with Crippen molar-refractivity contribution in [2.45, 2.75) is 13.0 Å². The smallest absolute Gasteiger partial charge is 0.331 e. The number of benzene rings is 3. The van der Waals surface area contributed by atoms with Crippen LogP contribution in [0, 0.1) is 0 Å². The summed E-state index contributed by atoms with van der Waals surface area (Å²) in [5.74, 6) is 0.161. The first-order valence-electron chi connectivity index (χ1n) is 9.41. The Morgan fingerprint density at radius 3 is 2.50 bits per heavy atom. The molecule has 0 aromatic heterocycles. The highest BCUT2D eigenvalue weighted by Crippen LogP contribution is 2.26. The van der Waals surface area contributed by atoms with E-state index in [0.717, 1.165) is 10.8 Å². The molecule has 0 aliphatic rings. The predicted octanol–water partition coefficient (Wildman–Crippen LogP) is 4.44. The van der Waals surface area contributed by atoms with Gasteiger partial charge in [0.15, 0.2) is 6.10 Å². The van der Waals surface area contributed by atoms with Crippen LogP contribution in [0.2, 0.25) is 0 Å². The Kier molecular flexibility index (Phi) is 6.70. The Hall–Kier alpha value is -3.80. The second-order valence-electron chi connectivity index (χ2n) is 6.54. The molecule has 0 fully saturated rings. The van der Waals surface area contributed by atoms with Gasteiger partial charge >= 0.3 is 5.97 Å². The Bertz CT molecular complexity index is 1080. The largest absolute Gasteiger partial charge is 0.497 e. The molecule has 3 aromatic carbocycles. The van der Waals surface area contributed by atoms with Gasteiger partial charge in [-0.25, -0.2) is 4.79 Å². The lowest BCUT2D eigenvalue weighted by atomic mass is 10.1. The van der Waals surface area contributed by atoms with Gasteiger partial charge < -0.3 is 19.5 Å². The van der Waals surface area contributed by atoms with E-state index in [-0.39, 0.29) is 0 Å². The maximum absolute atomic E-state index is 12.5. The molecule has 0 aliphatic carbocycles. The number of hydrogen-bond donors (Lipinski definition) is 1. The van der Waals surface area contributed by atoms with E-state index in [1.165, 1.54) is 20.1 Å². The summed E-state index contributed by atoms with van der Waals surface area (Å²) < 4.78 is 15.7. The highest BCUT2D eigenvalue weighted by molar-refractivity contribution is 6.04. The number of rotatable bonds is 7. The van der Waals surface area contributed by atoms with Crippen LogP contribution in [0.25, 0.3) is 16.8 Å². The standard InChI is InChI=1S/C24H23NO5/c1-16(24(27)25-21-10-6-8-17-7-4-5-9-20(17)21)30-23(26)14-12-18-11-13-19(28-2)15-22(18)29-3/h4-16H,1-3H3,(H,25,27)/b14-12+/t16-/m1/s1. The first-order valence-corrected chi connectivity index (χ1v) is 9.41. The van der Waals surface area contributed by atoms with Crippen molar-refractivity contribution < 1.29 is 23.8 Å². The van der Waals surface area contributed by atoms with E-state index in [1.54, 1.807) is 31.4 Å². The molecule has 0 saturated carbocycles. The summed E-state index contributed by atoms with van der Waals surface area (Å²) in [6.07, 6.45) is 1.86. The maximum Gasteiger partial charge on any atom is 0.331 e. The van der Waals surface area contributed by atoms with Gasteiger partial charge in [0.25, 0.3) is 5.91 Å². The van der Waals surface area contributed by atoms with Crippen molar-refractivity contribution in [3.05, 3.63) is 72.3 Å². The molecular weight excluding hydrogens is 382 g/mol. The molecule has 0 unspecified atom stereocenters. The first kappa shape index (κ1) is 20.9. The molecule has 0 aliphatic heterocycles. The van der Waals surface area contributed by atoms with Gasteiger partial charge in [0, 0.05) is 28.8 Å². The van der Waals surface area contributed by atoms with Gasteiger partial charge in [-0.15, -0.1) is 0 Å². The molecule has 0 radical (unpaired) electrons. The van der Waals surface area contributed by atoms with Crippen molar-refractivity contribution in [3.63, 3.8) is 0 Å². The third-order valence-corrected chi connectivity index (χ3v) is 4.55. The second kappa shape index (κ2) is 9.60. The number of anilines is 1. The number of esters is 1. The molecule has 154 valence electrons. The molecule has 6 nitrogen and oxygen atoms in total. The third kappa shape index (κ3) is 4.97. The summed E-state index contributed by atoms with van der Waals surface area (Å²) in [6, 6.07) is 18.6. The molecule has 6 heteroatoms. The number of hydrogen-bond acceptors (Lipinski definition) is 5. The quantitative estimate of drug-likeness (QED) is 0.465. The number of ether oxygens (including phenoxy) is 3. The van der Waals surface area contributed by atoms with Crippen LogP contribution in [-0.2, 0) is 14.3 Å². The van der Waals surface area contributed by atoms with Crippen molar-refractivity contribution in [2.75, 3.05) is 19.5 Å². The molecule has 1 N–H and O–H groups in total. The van der Waals surface area contributed by atoms with Crippen molar-refractivity contribution in [2.24, 2.45) is 0 Å². The first-order chi connectivity index (χ1) is 14.5. The number of amides is 1. The zero-order valence-corrected chi connectivity index (χ0v) is 17.0. The van der Waals surface area contributed by atoms with Gasteiger partial charge in [-0.05, 0) is 36.6 Å². The second-order valence-corrected chi connectivity index (χ2v) is 6.54. The van der Waals surface area contributed by atoms with Crippen LogP contribution < -0.4 is 14.8 Å². The van der Waals surface area contributed by atoms with E-state index >= 15 is 0 Å². The Balaban J connectivity index is 1.64. The van der Waals surface area contributed by atoms with Crippen LogP contribution >= 0.6 is 0 Å². The van der Waals surface area contributed by atoms with Crippen LogP contribution in [0.1, 0.15) is 12.5 Å². The lowest BCUT2D eigenvalue weighted by molar-refractivity contribution is -0.148. The number of methoxy groups -OCH3 is 2. The monoisotopic (exact) mass is 405 g/mol. The minimum absolute atomic E-state index is 0.407. The van der Waals surface area contributed by atoms with Crippen LogP contribution in [0.3, 0.4) is 0 Å². The summed E-state index contributed by atoms with van der Waals surface area (Å²) in [5, 5.41) is 4.75. The van der Waals surface area contributed by atoms with E-state index < -0.39 is 18.0 Å². The SMILES string of the molecule is COc1ccc(/C=C/C(=O)O[C@H](C)C(=O)Nc2cccc3ccccc23)c(OC)c1. The van der Waals surface area contributed by atoms with Crippen molar-refractivity contribution in [3.8, 4) is 11.5 Å². The molecule has 0 bridgehead atoms. The fraction of sp³-hybridized carbons (Fsp3) is 0.167. The van der Waals surface area contributed by atoms with Gasteiger partial charge in [-0.3, -0.25) is 4.79 Å². The average Bonchev–Trinajstić information content (AvgIpc) is 2.77. The zero-order chi connectivity index (χ0) is 21.5. The van der Waals surface area contributed by atoms with Gasteiger partial charge in [-0.1, -0.05) is 36.4 Å². The number of fused-ring (bicyclic) bond motifs is 1. The van der Waals surface area contributed by atoms with Crippen LogP contribution in [0.4, 0.5) is 5.69 Å². The maximum atomic E-state index is 12.5. The summed E-state index contributed by atoms with van der Waals surface area (Å²) in [4.78, 5) is 24.7. The summed E-state index contributed by atoms with van der Waals surface area (Å²) >= 11 is 0. The average molecular weight is 405 g/mol. The minimum Gasteiger partial charge on any atom is -0.497 e. The molecule has 0 heterocycles. The normalized spacial score (nSPS) is 11.8. The molecule has 0 saturated heterocycles. The molecule has 30 heavy (non-hydrogen) atoms. The van der Waals surface area contributed by atoms with Crippen LogP contribution in [0.5, 0.6) is 11.5 Å². The van der Waals surface area contributed by atoms with E-state index in [1.807, 2.05) is 42.5 Å². The Labute approximate surface area is 175 Å². The van der Waals surface area contributed by atoms with Gasteiger partial charge in [0.2, 0.25) is 0 Å². The highest BCUT2D eigenvalue weighted by atomic mass is 16.5. The molecule has 0 spiro atoms. The molecule has 3 rings (SSSR count). The number of carbonyl (C=O) groups is 2. The van der Waals surface area contributed by atoms with Gasteiger partial charge in [0.05, 0.1) is 14.2 Å². The summed E-state index contributed by atoms with van der Waals surface area (Å²) in [6.45, 7) is 1.53. The van der Waals surface area contributed by atoms with E-state index in [4.69, 9.17) is 14.2 Å². The summed E-state index contributed by atoms with van der Waals surface area (Å²) in [7, 11) is 3.09. The van der Waals surface area contributed by atoms with E-state index in [9.17, 15) is 9.59 Å². The van der Waals surface area contributed by atoms with E-state index in [0.29, 0.717) is 22.7 Å². The molecule has 1 atom stereocenters. The fourth-order valence-electron chi connectivity index (χ4n) is 2.95. The Morgan fingerprint density at radius 1 is 0.967 bits per heavy atom. The predicted molar refractivity (Wildman–Crippen MR) is 117 cm³/mol. The lowest BCUT2D eigenvalue weighted by Crippen LogP contribution is -2.29. The minimum atomic E-state index is -0.959. The third-order valence-electron chi connectivity index (χ3n) is 4.55. The number of carbonyl (C=O) groups excluding carboxylic acids is 2. The van der Waals surface area contributed by atoms with E-state index in [2.05, 4.69) is 5.32 Å². The Morgan fingerprint density at radius 2 is 1.73 bits per heavy atom. The topological polar surface area (TPSA) is 73.9 Å². The van der Waals surface area contributed by atoms with Crippen molar-refractivity contribution >= 4 is 34.4 Å². The van der Waals surface area contributed by atoms with Crippen LogP contribution in [0.15, 0.2) is 66.7 Å². The zero-order valence-electron chi connectivity index (χ0n) is 17.0. The van der Waals surface area contributed by atoms with Gasteiger partial charge in [0.1, 0.15) is 11.5 Å². The fourth-order valence-corrected chi connectivity index (χ4v) is 2.95. The van der Waals surface area contributed by atoms with Gasteiger partial charge in [-0.2, -0.15) is 0 Å². The molecule has 1 amide bonds. The highest BCUT2D eigenvalue weighted by Gasteiger charge is 2.17. The molecular formula is C24H23NO5. The summed E-state index contributed by atoms with van der Waals surface area (Å²) in [5.41, 5.74) is 1.35. The van der Waals surface area contributed by atoms with Crippen molar-refractivity contribution in [1.82, 2.24) is 0 Å². The molecule has 3 aromatic rings. The number of nitrogens with one attached hydrogen (secondary N) is 1. The van der Waals surface area contributed by atoms with Crippen LogP contribution in [-0.4, -0.2) is 32.2 Å².